The Morgan fingerprint density at radius 3 is 2.16 bits per heavy atom. The topological polar surface area (TPSA) is 74.8 Å². The number of anilines is 3. The van der Waals surface area contributed by atoms with E-state index < -0.39 is 29.0 Å². The van der Waals surface area contributed by atoms with E-state index in [1.165, 1.54) is 6.42 Å². The summed E-state index contributed by atoms with van der Waals surface area (Å²) in [7, 11) is 0. The molecule has 2 heterocycles. The van der Waals surface area contributed by atoms with Crippen LogP contribution in [0.1, 0.15) is 32.1 Å². The smallest absolute Gasteiger partial charge is 0.225 e. The Kier molecular flexibility index (Phi) is 6.15. The van der Waals surface area contributed by atoms with Gasteiger partial charge in [0.15, 0.2) is 29.1 Å². The molecule has 0 spiro atoms. The summed E-state index contributed by atoms with van der Waals surface area (Å²) in [6.07, 6.45) is 8.60. The molecule has 162 valence electrons. The van der Waals surface area contributed by atoms with E-state index in [-0.39, 0.29) is 17.9 Å². The van der Waals surface area contributed by atoms with Crippen LogP contribution in [0.15, 0.2) is 36.7 Å². The molecule has 2 aromatic heterocycles. The first-order chi connectivity index (χ1) is 15.0. The van der Waals surface area contributed by atoms with E-state index in [1.807, 2.05) is 0 Å². The summed E-state index contributed by atoms with van der Waals surface area (Å²) in [4.78, 5) is 12.8. The summed E-state index contributed by atoms with van der Waals surface area (Å²) in [6.45, 7) is 0. The average molecular weight is 432 g/mol. The van der Waals surface area contributed by atoms with E-state index in [0.717, 1.165) is 31.2 Å². The standard InChI is InChI=1S/C21H20F4N6/c22-14-10-15(23)19(25)20(18(14)24)31-30-17-11-16(12-6-8-26-9-7-12)28-21(29-17)27-13-4-2-1-3-5-13/h6-11,13,31H,1-5H2,(H2,27,28,29,30). The van der Waals surface area contributed by atoms with Crippen molar-refractivity contribution in [2.24, 2.45) is 0 Å². The van der Waals surface area contributed by atoms with Crippen molar-refractivity contribution in [3.8, 4) is 11.3 Å². The highest BCUT2D eigenvalue weighted by atomic mass is 19.2. The maximum atomic E-state index is 13.9. The third-order valence-electron chi connectivity index (χ3n) is 5.07. The molecule has 1 aliphatic rings. The van der Waals surface area contributed by atoms with Crippen LogP contribution in [0, 0.1) is 23.3 Å². The minimum absolute atomic E-state index is 0.147. The zero-order valence-corrected chi connectivity index (χ0v) is 16.4. The van der Waals surface area contributed by atoms with Crippen molar-refractivity contribution in [1.82, 2.24) is 15.0 Å². The number of hydrazine groups is 1. The van der Waals surface area contributed by atoms with Crippen LogP contribution in [0.5, 0.6) is 0 Å². The van der Waals surface area contributed by atoms with E-state index >= 15 is 0 Å². The molecule has 3 N–H and O–H groups in total. The highest BCUT2D eigenvalue weighted by Gasteiger charge is 2.20. The van der Waals surface area contributed by atoms with Crippen LogP contribution in [-0.4, -0.2) is 21.0 Å². The largest absolute Gasteiger partial charge is 0.351 e. The molecule has 0 atom stereocenters. The van der Waals surface area contributed by atoms with Crippen LogP contribution in [0.25, 0.3) is 11.3 Å². The molecule has 0 unspecified atom stereocenters. The first-order valence-corrected chi connectivity index (χ1v) is 9.92. The molecule has 1 aromatic carbocycles. The van der Waals surface area contributed by atoms with Gasteiger partial charge in [0, 0.05) is 36.1 Å². The number of benzene rings is 1. The van der Waals surface area contributed by atoms with Crippen LogP contribution in [0.2, 0.25) is 0 Å². The Balaban J connectivity index is 1.62. The van der Waals surface area contributed by atoms with Gasteiger partial charge in [-0.1, -0.05) is 19.3 Å². The molecule has 4 rings (SSSR count). The molecule has 0 saturated heterocycles. The Hall–Kier alpha value is -3.43. The number of pyridine rings is 1. The van der Waals surface area contributed by atoms with Gasteiger partial charge in [0.05, 0.1) is 5.69 Å². The maximum Gasteiger partial charge on any atom is 0.225 e. The zero-order chi connectivity index (χ0) is 21.8. The molecule has 1 aliphatic carbocycles. The Labute approximate surface area is 176 Å². The Morgan fingerprint density at radius 2 is 1.48 bits per heavy atom. The lowest BCUT2D eigenvalue weighted by Gasteiger charge is -2.23. The summed E-state index contributed by atoms with van der Waals surface area (Å²) < 4.78 is 54.8. The van der Waals surface area contributed by atoms with Crippen LogP contribution >= 0.6 is 0 Å². The van der Waals surface area contributed by atoms with Crippen LogP contribution in [0.4, 0.5) is 35.0 Å². The summed E-state index contributed by atoms with van der Waals surface area (Å²) in [5, 5.41) is 3.30. The fourth-order valence-electron chi connectivity index (χ4n) is 3.49. The number of nitrogens with one attached hydrogen (secondary N) is 3. The number of halogens is 4. The van der Waals surface area contributed by atoms with Gasteiger partial charge in [0.25, 0.3) is 0 Å². The Bertz CT molecular complexity index is 1030. The van der Waals surface area contributed by atoms with E-state index in [9.17, 15) is 17.6 Å². The molecule has 6 nitrogen and oxygen atoms in total. The average Bonchev–Trinajstić information content (AvgIpc) is 2.79. The summed E-state index contributed by atoms with van der Waals surface area (Å²) >= 11 is 0. The molecular formula is C21H20F4N6. The molecule has 0 aliphatic heterocycles. The highest BCUT2D eigenvalue weighted by molar-refractivity contribution is 5.65. The maximum absolute atomic E-state index is 13.9. The van der Waals surface area contributed by atoms with Gasteiger partial charge in [-0.25, -0.2) is 22.5 Å². The predicted molar refractivity (Wildman–Crippen MR) is 109 cm³/mol. The summed E-state index contributed by atoms with van der Waals surface area (Å²) in [6, 6.07) is 5.42. The van der Waals surface area contributed by atoms with Gasteiger partial charge in [0.1, 0.15) is 5.69 Å². The number of rotatable bonds is 6. The molecule has 31 heavy (non-hydrogen) atoms. The van der Waals surface area contributed by atoms with Crippen molar-refractivity contribution in [2.45, 2.75) is 38.1 Å². The lowest BCUT2D eigenvalue weighted by Crippen LogP contribution is -2.24. The van der Waals surface area contributed by atoms with Crippen molar-refractivity contribution in [3.63, 3.8) is 0 Å². The first-order valence-electron chi connectivity index (χ1n) is 9.92. The second-order valence-electron chi connectivity index (χ2n) is 7.27. The zero-order valence-electron chi connectivity index (χ0n) is 16.4. The van der Waals surface area contributed by atoms with Gasteiger partial charge >= 0.3 is 0 Å². The van der Waals surface area contributed by atoms with Gasteiger partial charge in [-0.15, -0.1) is 0 Å². The number of aromatic nitrogens is 3. The lowest BCUT2D eigenvalue weighted by molar-refractivity contribution is 0.459. The third kappa shape index (κ3) is 4.84. The summed E-state index contributed by atoms with van der Waals surface area (Å²) in [5.41, 5.74) is 4.99. The molecule has 1 saturated carbocycles. The fraction of sp³-hybridized carbons (Fsp3) is 0.286. The van der Waals surface area contributed by atoms with Gasteiger partial charge in [0.2, 0.25) is 5.95 Å². The molecular weight excluding hydrogens is 412 g/mol. The predicted octanol–water partition coefficient (Wildman–Crippen LogP) is 5.28. The van der Waals surface area contributed by atoms with E-state index in [4.69, 9.17) is 0 Å². The Morgan fingerprint density at radius 1 is 0.806 bits per heavy atom. The van der Waals surface area contributed by atoms with Crippen LogP contribution in [0.3, 0.4) is 0 Å². The second-order valence-corrected chi connectivity index (χ2v) is 7.27. The van der Waals surface area contributed by atoms with Crippen molar-refractivity contribution < 1.29 is 17.6 Å². The van der Waals surface area contributed by atoms with E-state index in [2.05, 4.69) is 31.1 Å². The molecule has 3 aromatic rings. The van der Waals surface area contributed by atoms with Crippen molar-refractivity contribution in [3.05, 3.63) is 59.9 Å². The quantitative estimate of drug-likeness (QED) is 0.280. The second kappa shape index (κ2) is 9.15. The van der Waals surface area contributed by atoms with E-state index in [1.54, 1.807) is 30.6 Å². The van der Waals surface area contributed by atoms with Crippen molar-refractivity contribution in [2.75, 3.05) is 16.2 Å². The van der Waals surface area contributed by atoms with Crippen LogP contribution < -0.4 is 16.2 Å². The minimum atomic E-state index is -1.55. The molecule has 0 bridgehead atoms. The van der Waals surface area contributed by atoms with Crippen LogP contribution in [-0.2, 0) is 0 Å². The van der Waals surface area contributed by atoms with Crippen molar-refractivity contribution in [1.29, 1.82) is 0 Å². The highest BCUT2D eigenvalue weighted by Crippen LogP contribution is 2.26. The molecule has 0 amide bonds. The molecule has 10 heteroatoms. The van der Waals surface area contributed by atoms with Gasteiger partial charge in [-0.05, 0) is 25.0 Å². The van der Waals surface area contributed by atoms with Gasteiger partial charge in [-0.3, -0.25) is 15.8 Å². The number of hydrogen-bond acceptors (Lipinski definition) is 6. The lowest BCUT2D eigenvalue weighted by atomic mass is 9.96. The van der Waals surface area contributed by atoms with Crippen molar-refractivity contribution >= 4 is 17.5 Å². The molecule has 0 radical (unpaired) electrons. The normalized spacial score (nSPS) is 14.3. The third-order valence-corrected chi connectivity index (χ3v) is 5.07. The first kappa shape index (κ1) is 20.8. The van der Waals surface area contributed by atoms with Gasteiger partial charge in [-0.2, -0.15) is 4.98 Å². The molecule has 1 fully saturated rings. The monoisotopic (exact) mass is 432 g/mol. The fourth-order valence-corrected chi connectivity index (χ4v) is 3.49. The number of nitrogens with zero attached hydrogens (tertiary/aromatic N) is 3. The number of hydrogen-bond donors (Lipinski definition) is 3. The summed E-state index contributed by atoms with van der Waals surface area (Å²) in [5.74, 6) is -5.63. The minimum Gasteiger partial charge on any atom is -0.351 e. The SMILES string of the molecule is Fc1cc(F)c(F)c(NNc2cc(-c3ccncc3)nc(NC3CCCCC3)n2)c1F. The van der Waals surface area contributed by atoms with E-state index in [0.29, 0.717) is 11.6 Å². The van der Waals surface area contributed by atoms with Gasteiger partial charge < -0.3 is 5.32 Å².